The molecule has 2 aromatic carbocycles. The normalized spacial score (nSPS) is 20.7. The molecule has 2 heterocycles. The largest absolute Gasteiger partial charge is 0.486 e. The van der Waals surface area contributed by atoms with Crippen LogP contribution >= 0.6 is 11.8 Å². The second-order valence-electron chi connectivity index (χ2n) is 6.17. The Balaban J connectivity index is 1.39. The van der Waals surface area contributed by atoms with Gasteiger partial charge in [0.15, 0.2) is 11.5 Å². The van der Waals surface area contributed by atoms with Gasteiger partial charge in [-0.2, -0.15) is 0 Å². The standard InChI is InChI=1S/C19H18N2O4S/c1-11-18(22)21-14-8-12(6-7-17(14)26-11)19(23)20-9-13-10-24-15-4-2-3-5-16(15)25-13/h2-8,11,13H,9-10H2,1H3,(H,20,23)(H,21,22)/t11-,13-/m1/s1. The summed E-state index contributed by atoms with van der Waals surface area (Å²) in [6.07, 6.45) is -0.248. The summed E-state index contributed by atoms with van der Waals surface area (Å²) in [6.45, 7) is 2.57. The molecule has 0 saturated carbocycles. The molecule has 0 saturated heterocycles. The van der Waals surface area contributed by atoms with Crippen molar-refractivity contribution in [3.05, 3.63) is 48.0 Å². The number of fused-ring (bicyclic) bond motifs is 2. The van der Waals surface area contributed by atoms with Gasteiger partial charge in [-0.3, -0.25) is 9.59 Å². The fourth-order valence-corrected chi connectivity index (χ4v) is 3.75. The summed E-state index contributed by atoms with van der Waals surface area (Å²) < 4.78 is 11.5. The van der Waals surface area contributed by atoms with Gasteiger partial charge in [-0.15, -0.1) is 11.8 Å². The van der Waals surface area contributed by atoms with E-state index in [1.54, 1.807) is 12.1 Å². The monoisotopic (exact) mass is 370 g/mol. The van der Waals surface area contributed by atoms with Crippen LogP contribution < -0.4 is 20.1 Å². The van der Waals surface area contributed by atoms with Gasteiger partial charge in [0.2, 0.25) is 5.91 Å². The zero-order chi connectivity index (χ0) is 18.1. The fourth-order valence-electron chi connectivity index (χ4n) is 2.82. The third kappa shape index (κ3) is 3.35. The molecule has 0 bridgehead atoms. The average Bonchev–Trinajstić information content (AvgIpc) is 2.66. The number of carbonyl (C=O) groups excluding carboxylic acids is 2. The van der Waals surface area contributed by atoms with E-state index in [9.17, 15) is 9.59 Å². The fraction of sp³-hybridized carbons (Fsp3) is 0.263. The number of anilines is 1. The van der Waals surface area contributed by atoms with Gasteiger partial charge in [0, 0.05) is 10.5 Å². The summed E-state index contributed by atoms with van der Waals surface area (Å²) >= 11 is 1.49. The first-order chi connectivity index (χ1) is 12.6. The van der Waals surface area contributed by atoms with Crippen LogP contribution in [0.1, 0.15) is 17.3 Å². The lowest BCUT2D eigenvalue weighted by atomic mass is 10.1. The predicted molar refractivity (Wildman–Crippen MR) is 99.1 cm³/mol. The average molecular weight is 370 g/mol. The molecule has 0 aromatic heterocycles. The van der Waals surface area contributed by atoms with E-state index in [-0.39, 0.29) is 23.2 Å². The summed E-state index contributed by atoms with van der Waals surface area (Å²) in [5, 5.41) is 5.57. The number of nitrogens with one attached hydrogen (secondary N) is 2. The molecule has 26 heavy (non-hydrogen) atoms. The van der Waals surface area contributed by atoms with Gasteiger partial charge < -0.3 is 20.1 Å². The Labute approximate surface area is 155 Å². The Morgan fingerprint density at radius 2 is 2.08 bits per heavy atom. The van der Waals surface area contributed by atoms with Crippen LogP contribution in [-0.2, 0) is 4.79 Å². The molecule has 6 nitrogen and oxygen atoms in total. The number of hydrogen-bond acceptors (Lipinski definition) is 5. The van der Waals surface area contributed by atoms with Crippen molar-refractivity contribution in [2.45, 2.75) is 23.2 Å². The van der Waals surface area contributed by atoms with Crippen LogP contribution in [0.25, 0.3) is 0 Å². The van der Waals surface area contributed by atoms with Crippen molar-refractivity contribution in [3.8, 4) is 11.5 Å². The lowest BCUT2D eigenvalue weighted by molar-refractivity contribution is -0.115. The van der Waals surface area contributed by atoms with Gasteiger partial charge >= 0.3 is 0 Å². The molecule has 2 aliphatic heterocycles. The highest BCUT2D eigenvalue weighted by Crippen LogP contribution is 2.36. The third-order valence-corrected chi connectivity index (χ3v) is 5.41. The van der Waals surface area contributed by atoms with Crippen LogP contribution in [0.3, 0.4) is 0 Å². The Hall–Kier alpha value is -2.67. The van der Waals surface area contributed by atoms with E-state index < -0.39 is 0 Å². The molecule has 0 spiro atoms. The van der Waals surface area contributed by atoms with Gasteiger partial charge in [0.1, 0.15) is 12.7 Å². The van der Waals surface area contributed by atoms with Crippen molar-refractivity contribution in [1.82, 2.24) is 5.32 Å². The molecule has 134 valence electrons. The second-order valence-corrected chi connectivity index (χ2v) is 7.55. The van der Waals surface area contributed by atoms with Crippen molar-refractivity contribution in [2.75, 3.05) is 18.5 Å². The van der Waals surface area contributed by atoms with Crippen LogP contribution in [-0.4, -0.2) is 36.3 Å². The highest BCUT2D eigenvalue weighted by molar-refractivity contribution is 8.00. The number of thioether (sulfide) groups is 1. The van der Waals surface area contributed by atoms with E-state index in [4.69, 9.17) is 9.47 Å². The van der Waals surface area contributed by atoms with Crippen LogP contribution in [0.15, 0.2) is 47.4 Å². The lowest BCUT2D eigenvalue weighted by Crippen LogP contribution is -2.40. The maximum absolute atomic E-state index is 12.4. The third-order valence-electron chi connectivity index (χ3n) is 4.23. The second kappa shape index (κ2) is 6.92. The van der Waals surface area contributed by atoms with Crippen molar-refractivity contribution < 1.29 is 19.1 Å². The Kier molecular flexibility index (Phi) is 4.46. The maximum atomic E-state index is 12.4. The van der Waals surface area contributed by atoms with E-state index in [1.807, 2.05) is 37.3 Å². The molecule has 2 aliphatic rings. The summed E-state index contributed by atoms with van der Waals surface area (Å²) in [5.41, 5.74) is 1.17. The van der Waals surface area contributed by atoms with Crippen molar-refractivity contribution in [1.29, 1.82) is 0 Å². The summed E-state index contributed by atoms with van der Waals surface area (Å²) in [7, 11) is 0. The molecule has 2 amide bonds. The molecule has 7 heteroatoms. The van der Waals surface area contributed by atoms with Gasteiger partial charge in [0.05, 0.1) is 17.5 Å². The van der Waals surface area contributed by atoms with E-state index in [2.05, 4.69) is 10.6 Å². The number of amides is 2. The first kappa shape index (κ1) is 16.8. The van der Waals surface area contributed by atoms with E-state index in [0.29, 0.717) is 35.9 Å². The minimum Gasteiger partial charge on any atom is -0.486 e. The number of rotatable bonds is 3. The summed E-state index contributed by atoms with van der Waals surface area (Å²) in [4.78, 5) is 25.2. The van der Waals surface area contributed by atoms with Crippen molar-refractivity contribution in [3.63, 3.8) is 0 Å². The van der Waals surface area contributed by atoms with Gasteiger partial charge in [-0.25, -0.2) is 0 Å². The number of benzene rings is 2. The minimum atomic E-state index is -0.248. The summed E-state index contributed by atoms with van der Waals surface area (Å²) in [6, 6.07) is 12.8. The topological polar surface area (TPSA) is 76.7 Å². The first-order valence-electron chi connectivity index (χ1n) is 8.38. The highest BCUT2D eigenvalue weighted by atomic mass is 32.2. The predicted octanol–water partition coefficient (Wildman–Crippen LogP) is 2.69. The molecule has 0 radical (unpaired) electrons. The molecule has 2 atom stereocenters. The molecule has 2 aromatic rings. The number of para-hydroxylation sites is 2. The quantitative estimate of drug-likeness (QED) is 0.869. The van der Waals surface area contributed by atoms with Crippen LogP contribution in [0, 0.1) is 0 Å². The maximum Gasteiger partial charge on any atom is 0.251 e. The van der Waals surface area contributed by atoms with Crippen LogP contribution in [0.5, 0.6) is 11.5 Å². The number of carbonyl (C=O) groups is 2. The zero-order valence-corrected chi connectivity index (χ0v) is 15.0. The lowest BCUT2D eigenvalue weighted by Gasteiger charge is -2.26. The Bertz CT molecular complexity index is 870. The molecular formula is C19H18N2O4S. The molecule has 4 rings (SSSR count). The molecule has 0 unspecified atom stereocenters. The van der Waals surface area contributed by atoms with Crippen molar-refractivity contribution in [2.24, 2.45) is 0 Å². The van der Waals surface area contributed by atoms with Crippen LogP contribution in [0.2, 0.25) is 0 Å². The minimum absolute atomic E-state index is 0.0496. The van der Waals surface area contributed by atoms with Crippen molar-refractivity contribution >= 4 is 29.3 Å². The molecular weight excluding hydrogens is 352 g/mol. The Morgan fingerprint density at radius 3 is 2.92 bits per heavy atom. The molecule has 2 N–H and O–H groups in total. The van der Waals surface area contributed by atoms with E-state index in [1.165, 1.54) is 11.8 Å². The molecule has 0 fully saturated rings. The SMILES string of the molecule is C[C@H]1Sc2ccc(C(=O)NC[C@@H]3COc4ccccc4O3)cc2NC1=O. The van der Waals surface area contributed by atoms with Gasteiger partial charge in [0.25, 0.3) is 5.91 Å². The summed E-state index contributed by atoms with van der Waals surface area (Å²) in [5.74, 6) is 1.13. The van der Waals surface area contributed by atoms with E-state index in [0.717, 1.165) is 4.90 Å². The molecule has 0 aliphatic carbocycles. The van der Waals surface area contributed by atoms with Crippen LogP contribution in [0.4, 0.5) is 5.69 Å². The van der Waals surface area contributed by atoms with Gasteiger partial charge in [-0.1, -0.05) is 12.1 Å². The number of ether oxygens (including phenoxy) is 2. The van der Waals surface area contributed by atoms with Gasteiger partial charge in [-0.05, 0) is 37.3 Å². The Morgan fingerprint density at radius 1 is 1.27 bits per heavy atom. The number of hydrogen-bond donors (Lipinski definition) is 2. The highest BCUT2D eigenvalue weighted by Gasteiger charge is 2.24. The first-order valence-corrected chi connectivity index (χ1v) is 9.26. The zero-order valence-electron chi connectivity index (χ0n) is 14.2. The van der Waals surface area contributed by atoms with E-state index >= 15 is 0 Å². The smallest absolute Gasteiger partial charge is 0.251 e.